The molecule has 3 N–H and O–H groups in total. The van der Waals surface area contributed by atoms with Crippen LogP contribution in [0.1, 0.15) is 6.42 Å². The Morgan fingerprint density at radius 2 is 2.21 bits per heavy atom. The van der Waals surface area contributed by atoms with Crippen molar-refractivity contribution >= 4 is 29.3 Å². The third kappa shape index (κ3) is 2.59. The van der Waals surface area contributed by atoms with Crippen LogP contribution < -0.4 is 10.6 Å². The van der Waals surface area contributed by atoms with Crippen LogP contribution in [0.15, 0.2) is 12.5 Å². The van der Waals surface area contributed by atoms with Gasteiger partial charge in [-0.15, -0.1) is 12.4 Å². The highest BCUT2D eigenvalue weighted by Gasteiger charge is 2.41. The number of halogens is 3. The Morgan fingerprint density at radius 3 is 3.00 bits per heavy atom. The molecule has 0 bridgehead atoms. The second-order valence-electron chi connectivity index (χ2n) is 4.28. The molecule has 3 rings (SSSR count). The van der Waals surface area contributed by atoms with Gasteiger partial charge in [0.25, 0.3) is 5.92 Å². The highest BCUT2D eigenvalue weighted by molar-refractivity contribution is 5.85. The maximum atomic E-state index is 13.7. The van der Waals surface area contributed by atoms with Crippen LogP contribution in [-0.2, 0) is 0 Å². The highest BCUT2D eigenvalue weighted by atomic mass is 35.5. The Kier molecular flexibility index (Phi) is 3.81. The Morgan fingerprint density at radius 1 is 1.37 bits per heavy atom. The Hall–Kier alpha value is -1.54. The first-order chi connectivity index (χ1) is 8.67. The second kappa shape index (κ2) is 5.22. The first kappa shape index (κ1) is 13.9. The van der Waals surface area contributed by atoms with Crippen molar-refractivity contribution in [2.75, 3.05) is 18.4 Å². The molecule has 0 aromatic carbocycles. The lowest BCUT2D eigenvalue weighted by molar-refractivity contribution is -0.0322. The monoisotopic (exact) mass is 290 g/mol. The van der Waals surface area contributed by atoms with Crippen LogP contribution in [0.2, 0.25) is 0 Å². The molecule has 2 aromatic heterocycles. The number of aromatic amines is 1. The van der Waals surface area contributed by atoms with Crippen LogP contribution in [0, 0.1) is 0 Å². The number of hydrogen-bond donors (Lipinski definition) is 3. The van der Waals surface area contributed by atoms with Gasteiger partial charge >= 0.3 is 0 Å². The quantitative estimate of drug-likeness (QED) is 0.774. The highest BCUT2D eigenvalue weighted by Crippen LogP contribution is 2.27. The molecule has 0 saturated carbocycles. The molecule has 3 heterocycles. The second-order valence-corrected chi connectivity index (χ2v) is 4.28. The fourth-order valence-corrected chi connectivity index (χ4v) is 2.06. The number of piperidine rings is 1. The minimum absolute atomic E-state index is 0. The molecule has 9 heteroatoms. The molecular weight excluding hydrogens is 278 g/mol. The summed E-state index contributed by atoms with van der Waals surface area (Å²) in [4.78, 5) is 7.97. The summed E-state index contributed by atoms with van der Waals surface area (Å²) in [7, 11) is 0. The topological polar surface area (TPSA) is 78.5 Å². The van der Waals surface area contributed by atoms with E-state index in [0.717, 1.165) is 0 Å². The van der Waals surface area contributed by atoms with Gasteiger partial charge in [0.2, 0.25) is 0 Å². The number of nitrogens with one attached hydrogen (secondary N) is 3. The number of fused-ring (bicyclic) bond motifs is 1. The third-order valence-electron chi connectivity index (χ3n) is 3.04. The number of alkyl halides is 2. The van der Waals surface area contributed by atoms with E-state index in [1.807, 2.05) is 0 Å². The lowest BCUT2D eigenvalue weighted by Crippen LogP contribution is -2.52. The van der Waals surface area contributed by atoms with Gasteiger partial charge < -0.3 is 10.6 Å². The van der Waals surface area contributed by atoms with E-state index in [4.69, 9.17) is 0 Å². The van der Waals surface area contributed by atoms with E-state index in [1.54, 1.807) is 0 Å². The standard InChI is InChI=1S/C10H12F2N6.ClH/c11-10(12)4-13-2-1-7(10)17-8-6-3-16-18-9(6)15-5-14-8;/h3,5,7,13H,1-2,4H2,(H2,14,15,16,17,18);1H/t7-;/m0./s1. The van der Waals surface area contributed by atoms with Crippen LogP contribution in [0.4, 0.5) is 14.6 Å². The lowest BCUT2D eigenvalue weighted by atomic mass is 10.0. The molecule has 0 radical (unpaired) electrons. The number of hydrogen-bond acceptors (Lipinski definition) is 5. The molecular formula is C10H13ClF2N6. The Bertz CT molecular complexity index is 560. The number of anilines is 1. The van der Waals surface area contributed by atoms with E-state index in [-0.39, 0.29) is 19.0 Å². The van der Waals surface area contributed by atoms with Crippen molar-refractivity contribution in [3.63, 3.8) is 0 Å². The Balaban J connectivity index is 0.00000133. The summed E-state index contributed by atoms with van der Waals surface area (Å²) in [5, 5.41) is 12.6. The average molecular weight is 291 g/mol. The molecule has 1 fully saturated rings. The molecule has 0 aliphatic carbocycles. The van der Waals surface area contributed by atoms with Crippen LogP contribution in [0.5, 0.6) is 0 Å². The summed E-state index contributed by atoms with van der Waals surface area (Å²) < 4.78 is 27.4. The van der Waals surface area contributed by atoms with E-state index >= 15 is 0 Å². The zero-order valence-electron chi connectivity index (χ0n) is 9.86. The molecule has 1 atom stereocenters. The van der Waals surface area contributed by atoms with Gasteiger partial charge in [-0.1, -0.05) is 0 Å². The van der Waals surface area contributed by atoms with Gasteiger partial charge in [0.05, 0.1) is 24.2 Å². The molecule has 0 unspecified atom stereocenters. The number of nitrogens with zero attached hydrogens (tertiary/aromatic N) is 3. The molecule has 104 valence electrons. The minimum atomic E-state index is -2.79. The largest absolute Gasteiger partial charge is 0.360 e. The van der Waals surface area contributed by atoms with Gasteiger partial charge in [0.15, 0.2) is 5.65 Å². The predicted molar refractivity (Wildman–Crippen MR) is 68.8 cm³/mol. The maximum Gasteiger partial charge on any atom is 0.279 e. The molecule has 19 heavy (non-hydrogen) atoms. The first-order valence-electron chi connectivity index (χ1n) is 5.66. The van der Waals surface area contributed by atoms with Gasteiger partial charge in [-0.25, -0.2) is 18.7 Å². The summed E-state index contributed by atoms with van der Waals surface area (Å²) in [6.07, 6.45) is 3.19. The van der Waals surface area contributed by atoms with Crippen LogP contribution in [0.25, 0.3) is 11.0 Å². The van der Waals surface area contributed by atoms with Crippen LogP contribution in [0.3, 0.4) is 0 Å². The van der Waals surface area contributed by atoms with E-state index < -0.39 is 12.0 Å². The van der Waals surface area contributed by atoms with Gasteiger partial charge in [-0.2, -0.15) is 5.10 Å². The van der Waals surface area contributed by atoms with Gasteiger partial charge in [-0.05, 0) is 13.0 Å². The van der Waals surface area contributed by atoms with E-state index in [2.05, 4.69) is 30.8 Å². The summed E-state index contributed by atoms with van der Waals surface area (Å²) in [6.45, 7) is 0.247. The molecule has 0 amide bonds. The summed E-state index contributed by atoms with van der Waals surface area (Å²) in [5.74, 6) is -2.40. The first-order valence-corrected chi connectivity index (χ1v) is 5.66. The summed E-state index contributed by atoms with van der Waals surface area (Å²) in [6, 6.07) is -0.924. The van der Waals surface area contributed by atoms with Gasteiger partial charge in [-0.3, -0.25) is 5.10 Å². The predicted octanol–water partition coefficient (Wildman–Crippen LogP) is 1.18. The van der Waals surface area contributed by atoms with E-state index in [0.29, 0.717) is 29.8 Å². The lowest BCUT2D eigenvalue weighted by Gasteiger charge is -2.32. The van der Waals surface area contributed by atoms with Crippen molar-refractivity contribution < 1.29 is 8.78 Å². The minimum Gasteiger partial charge on any atom is -0.360 e. The fraction of sp³-hybridized carbons (Fsp3) is 0.500. The zero-order valence-corrected chi connectivity index (χ0v) is 10.7. The SMILES string of the molecule is Cl.FC1(F)CNCC[C@@H]1Nc1ncnc2[nH]ncc12. The van der Waals surface area contributed by atoms with Crippen LogP contribution >= 0.6 is 12.4 Å². The average Bonchev–Trinajstić information content (AvgIpc) is 2.81. The zero-order chi connectivity index (χ0) is 12.6. The molecule has 1 aliphatic heterocycles. The molecule has 0 spiro atoms. The Labute approximate surface area is 113 Å². The number of H-pyrrole nitrogens is 1. The van der Waals surface area contributed by atoms with E-state index in [1.165, 1.54) is 12.5 Å². The number of aromatic nitrogens is 4. The maximum absolute atomic E-state index is 13.7. The van der Waals surface area contributed by atoms with E-state index in [9.17, 15) is 8.78 Å². The van der Waals surface area contributed by atoms with Crippen molar-refractivity contribution in [3.05, 3.63) is 12.5 Å². The summed E-state index contributed by atoms with van der Waals surface area (Å²) in [5.41, 5.74) is 0.532. The molecule has 1 saturated heterocycles. The molecule has 6 nitrogen and oxygen atoms in total. The van der Waals surface area contributed by atoms with Crippen molar-refractivity contribution in [2.24, 2.45) is 0 Å². The van der Waals surface area contributed by atoms with Gasteiger partial charge in [0.1, 0.15) is 12.1 Å². The van der Waals surface area contributed by atoms with Gasteiger partial charge in [0, 0.05) is 0 Å². The summed E-state index contributed by atoms with van der Waals surface area (Å²) >= 11 is 0. The third-order valence-corrected chi connectivity index (χ3v) is 3.04. The van der Waals surface area contributed by atoms with Crippen molar-refractivity contribution in [1.29, 1.82) is 0 Å². The number of rotatable bonds is 2. The smallest absolute Gasteiger partial charge is 0.279 e. The van der Waals surface area contributed by atoms with Crippen molar-refractivity contribution in [2.45, 2.75) is 18.4 Å². The van der Waals surface area contributed by atoms with Crippen molar-refractivity contribution in [3.8, 4) is 0 Å². The molecule has 1 aliphatic rings. The van der Waals surface area contributed by atoms with Crippen LogP contribution in [-0.4, -0.2) is 45.2 Å². The normalized spacial score (nSPS) is 21.9. The fourth-order valence-electron chi connectivity index (χ4n) is 2.06. The van der Waals surface area contributed by atoms with Crippen molar-refractivity contribution in [1.82, 2.24) is 25.5 Å². The molecule has 2 aromatic rings.